The zero-order valence-electron chi connectivity index (χ0n) is 14.8. The number of nitriles is 1. The first kappa shape index (κ1) is 20.7. The lowest BCUT2D eigenvalue weighted by Gasteiger charge is -2.38. The number of alkyl halides is 3. The SMILES string of the molecule is CC(C)(CC(O)(Cc1ccc(C#N)cc1)C(F)(F)F)c1cc(F)ccc1O. The zero-order chi connectivity index (χ0) is 20.5. The van der Waals surface area contributed by atoms with E-state index in [0.29, 0.717) is 5.56 Å². The number of phenolic OH excluding ortho intramolecular Hbond substituents is 1. The summed E-state index contributed by atoms with van der Waals surface area (Å²) in [5.74, 6) is -1.04. The van der Waals surface area contributed by atoms with Gasteiger partial charge in [-0.15, -0.1) is 0 Å². The van der Waals surface area contributed by atoms with Crippen molar-refractivity contribution in [3.63, 3.8) is 0 Å². The highest BCUT2D eigenvalue weighted by Gasteiger charge is 2.56. The van der Waals surface area contributed by atoms with Gasteiger partial charge in [0, 0.05) is 12.0 Å². The fraction of sp³-hybridized carbons (Fsp3) is 0.350. The molecule has 0 aliphatic rings. The number of hydrogen-bond donors (Lipinski definition) is 2. The molecule has 0 aliphatic heterocycles. The molecule has 3 nitrogen and oxygen atoms in total. The molecular weight excluding hydrogens is 362 g/mol. The summed E-state index contributed by atoms with van der Waals surface area (Å²) < 4.78 is 54.7. The Morgan fingerprint density at radius 3 is 2.15 bits per heavy atom. The van der Waals surface area contributed by atoms with Crippen LogP contribution in [0.15, 0.2) is 42.5 Å². The van der Waals surface area contributed by atoms with Crippen molar-refractivity contribution in [1.29, 1.82) is 5.26 Å². The molecule has 0 aliphatic carbocycles. The summed E-state index contributed by atoms with van der Waals surface area (Å²) in [7, 11) is 0. The standard InChI is InChI=1S/C20H19F4NO2/c1-18(2,16-9-15(21)7-8-17(16)26)12-19(27,20(22,23)24)10-13-3-5-14(11-25)6-4-13/h3-9,26-27H,10,12H2,1-2H3. The summed E-state index contributed by atoms with van der Waals surface area (Å²) in [5, 5.41) is 29.3. The van der Waals surface area contributed by atoms with Crippen LogP contribution in [0.3, 0.4) is 0 Å². The minimum atomic E-state index is -4.96. The van der Waals surface area contributed by atoms with Crippen molar-refractivity contribution in [3.05, 3.63) is 65.0 Å². The molecule has 0 heterocycles. The molecule has 0 bridgehead atoms. The number of phenols is 1. The maximum Gasteiger partial charge on any atom is 0.417 e. The van der Waals surface area contributed by atoms with E-state index in [1.807, 2.05) is 6.07 Å². The zero-order valence-corrected chi connectivity index (χ0v) is 14.8. The van der Waals surface area contributed by atoms with Gasteiger partial charge in [0.15, 0.2) is 5.60 Å². The van der Waals surface area contributed by atoms with Crippen LogP contribution in [-0.4, -0.2) is 22.0 Å². The van der Waals surface area contributed by atoms with Gasteiger partial charge < -0.3 is 10.2 Å². The Morgan fingerprint density at radius 2 is 1.63 bits per heavy atom. The molecule has 2 rings (SSSR count). The summed E-state index contributed by atoms with van der Waals surface area (Å²) >= 11 is 0. The Hall–Kier alpha value is -2.59. The van der Waals surface area contributed by atoms with Crippen molar-refractivity contribution in [2.45, 2.75) is 43.9 Å². The van der Waals surface area contributed by atoms with Gasteiger partial charge in [-0.3, -0.25) is 0 Å². The molecular formula is C20H19F4NO2. The van der Waals surface area contributed by atoms with Crippen LogP contribution in [-0.2, 0) is 11.8 Å². The second-order valence-corrected chi connectivity index (χ2v) is 7.24. The molecule has 2 N–H and O–H groups in total. The van der Waals surface area contributed by atoms with E-state index in [1.54, 1.807) is 0 Å². The van der Waals surface area contributed by atoms with Gasteiger partial charge in [0.2, 0.25) is 0 Å². The molecule has 0 aromatic heterocycles. The van der Waals surface area contributed by atoms with Gasteiger partial charge >= 0.3 is 6.18 Å². The predicted octanol–water partition coefficient (Wildman–Crippen LogP) is 4.61. The molecule has 27 heavy (non-hydrogen) atoms. The number of aromatic hydroxyl groups is 1. The second kappa shape index (κ2) is 7.20. The Morgan fingerprint density at radius 1 is 1.04 bits per heavy atom. The third kappa shape index (κ3) is 4.58. The molecule has 2 aromatic carbocycles. The van der Waals surface area contributed by atoms with Crippen molar-refractivity contribution >= 4 is 0 Å². The summed E-state index contributed by atoms with van der Waals surface area (Å²) in [6.07, 6.45) is -6.48. The molecule has 0 spiro atoms. The lowest BCUT2D eigenvalue weighted by Crippen LogP contribution is -2.50. The smallest absolute Gasteiger partial charge is 0.417 e. The van der Waals surface area contributed by atoms with E-state index in [2.05, 4.69) is 0 Å². The van der Waals surface area contributed by atoms with E-state index in [1.165, 1.54) is 38.1 Å². The molecule has 144 valence electrons. The molecule has 0 amide bonds. The van der Waals surface area contributed by atoms with Crippen LogP contribution in [0.4, 0.5) is 17.6 Å². The number of rotatable bonds is 5. The van der Waals surface area contributed by atoms with E-state index in [9.17, 15) is 27.8 Å². The summed E-state index contributed by atoms with van der Waals surface area (Å²) in [4.78, 5) is 0. The van der Waals surface area contributed by atoms with Gasteiger partial charge in [0.1, 0.15) is 11.6 Å². The maximum absolute atomic E-state index is 13.7. The van der Waals surface area contributed by atoms with E-state index in [-0.39, 0.29) is 16.9 Å². The quantitative estimate of drug-likeness (QED) is 0.744. The molecule has 0 saturated carbocycles. The third-order valence-electron chi connectivity index (χ3n) is 4.53. The van der Waals surface area contributed by atoms with E-state index < -0.39 is 35.9 Å². The van der Waals surface area contributed by atoms with Crippen molar-refractivity contribution < 1.29 is 27.8 Å². The van der Waals surface area contributed by atoms with E-state index >= 15 is 0 Å². The number of hydrogen-bond acceptors (Lipinski definition) is 3. The number of nitrogens with zero attached hydrogens (tertiary/aromatic N) is 1. The van der Waals surface area contributed by atoms with Crippen LogP contribution in [0.2, 0.25) is 0 Å². The molecule has 0 fully saturated rings. The van der Waals surface area contributed by atoms with Crippen LogP contribution in [0.1, 0.15) is 37.0 Å². The first-order chi connectivity index (χ1) is 12.4. The Balaban J connectivity index is 2.40. The fourth-order valence-corrected chi connectivity index (χ4v) is 3.17. The monoisotopic (exact) mass is 381 g/mol. The first-order valence-electron chi connectivity index (χ1n) is 8.15. The van der Waals surface area contributed by atoms with Crippen molar-refractivity contribution in [3.8, 4) is 11.8 Å². The highest BCUT2D eigenvalue weighted by molar-refractivity contribution is 5.39. The molecule has 1 unspecified atom stereocenters. The van der Waals surface area contributed by atoms with Crippen LogP contribution in [0, 0.1) is 17.1 Å². The number of halogens is 4. The van der Waals surface area contributed by atoms with Gasteiger partial charge in [-0.05, 0) is 47.7 Å². The normalized spacial score (nSPS) is 14.4. The van der Waals surface area contributed by atoms with Crippen LogP contribution in [0.25, 0.3) is 0 Å². The molecule has 1 atom stereocenters. The average molecular weight is 381 g/mol. The van der Waals surface area contributed by atoms with Crippen LogP contribution in [0.5, 0.6) is 5.75 Å². The highest BCUT2D eigenvalue weighted by Crippen LogP contribution is 2.44. The third-order valence-corrected chi connectivity index (χ3v) is 4.53. The van der Waals surface area contributed by atoms with E-state index in [0.717, 1.165) is 18.2 Å². The Kier molecular flexibility index (Phi) is 5.52. The second-order valence-electron chi connectivity index (χ2n) is 7.24. The maximum atomic E-state index is 13.7. The predicted molar refractivity (Wildman–Crippen MR) is 91.6 cm³/mol. The minimum absolute atomic E-state index is 0.0231. The van der Waals surface area contributed by atoms with Gasteiger partial charge in [0.25, 0.3) is 0 Å². The lowest BCUT2D eigenvalue weighted by molar-refractivity contribution is -0.266. The number of benzene rings is 2. The first-order valence-corrected chi connectivity index (χ1v) is 8.15. The molecule has 2 aromatic rings. The average Bonchev–Trinajstić information content (AvgIpc) is 2.56. The lowest BCUT2D eigenvalue weighted by atomic mass is 9.72. The topological polar surface area (TPSA) is 64.2 Å². The Bertz CT molecular complexity index is 854. The minimum Gasteiger partial charge on any atom is -0.508 e. The molecule has 0 radical (unpaired) electrons. The molecule has 0 saturated heterocycles. The van der Waals surface area contributed by atoms with Crippen LogP contribution >= 0.6 is 0 Å². The van der Waals surface area contributed by atoms with Crippen LogP contribution < -0.4 is 0 Å². The molecule has 7 heteroatoms. The van der Waals surface area contributed by atoms with Crippen molar-refractivity contribution in [1.82, 2.24) is 0 Å². The summed E-state index contributed by atoms with van der Waals surface area (Å²) in [5.41, 5.74) is -4.01. The van der Waals surface area contributed by atoms with Crippen molar-refractivity contribution in [2.24, 2.45) is 0 Å². The Labute approximate surface area is 154 Å². The van der Waals surface area contributed by atoms with Gasteiger partial charge in [-0.2, -0.15) is 18.4 Å². The summed E-state index contributed by atoms with van der Waals surface area (Å²) in [6, 6.07) is 10.3. The van der Waals surface area contributed by atoms with Gasteiger partial charge in [-0.25, -0.2) is 4.39 Å². The van der Waals surface area contributed by atoms with Gasteiger partial charge in [0.05, 0.1) is 11.6 Å². The highest BCUT2D eigenvalue weighted by atomic mass is 19.4. The summed E-state index contributed by atoms with van der Waals surface area (Å²) in [6.45, 7) is 2.80. The van der Waals surface area contributed by atoms with Crippen molar-refractivity contribution in [2.75, 3.05) is 0 Å². The largest absolute Gasteiger partial charge is 0.508 e. The fourth-order valence-electron chi connectivity index (χ4n) is 3.17. The van der Waals surface area contributed by atoms with Gasteiger partial charge in [-0.1, -0.05) is 26.0 Å². The van der Waals surface area contributed by atoms with E-state index in [4.69, 9.17) is 5.26 Å². The number of aliphatic hydroxyl groups is 1.